The third kappa shape index (κ3) is 3.28. The van der Waals surface area contributed by atoms with Crippen molar-refractivity contribution in [2.24, 2.45) is 0 Å². The van der Waals surface area contributed by atoms with E-state index in [0.717, 1.165) is 23.7 Å². The van der Waals surface area contributed by atoms with Gasteiger partial charge in [-0.2, -0.15) is 0 Å². The summed E-state index contributed by atoms with van der Waals surface area (Å²) in [5, 5.41) is 4.13. The Hall–Kier alpha value is -1.47. The van der Waals surface area contributed by atoms with Gasteiger partial charge in [-0.15, -0.1) is 0 Å². The second-order valence-corrected chi connectivity index (χ2v) is 4.11. The zero-order valence-electron chi connectivity index (χ0n) is 8.99. The largest absolute Gasteiger partial charge is 0.385 e. The Labute approximate surface area is 101 Å². The topological polar surface area (TPSA) is 12.0 Å². The van der Waals surface area contributed by atoms with Crippen LogP contribution in [-0.2, 0) is 6.42 Å². The molecule has 0 atom stereocenters. The third-order valence-corrected chi connectivity index (χ3v) is 2.68. The fourth-order valence-electron chi connectivity index (χ4n) is 1.56. The quantitative estimate of drug-likeness (QED) is 0.839. The van der Waals surface area contributed by atoms with Crippen molar-refractivity contribution in [2.75, 3.05) is 11.9 Å². The lowest BCUT2D eigenvalue weighted by molar-refractivity contribution is 1.02. The molecule has 2 heteroatoms. The van der Waals surface area contributed by atoms with Gasteiger partial charge in [0.05, 0.1) is 0 Å². The number of benzene rings is 2. The van der Waals surface area contributed by atoms with Crippen molar-refractivity contribution in [3.8, 4) is 0 Å². The Morgan fingerprint density at radius 2 is 1.56 bits per heavy atom. The maximum Gasteiger partial charge on any atom is 0.0407 e. The molecule has 1 nitrogen and oxygen atoms in total. The molecule has 0 unspecified atom stereocenters. The molecule has 2 aromatic rings. The van der Waals surface area contributed by atoms with Gasteiger partial charge >= 0.3 is 0 Å². The predicted molar refractivity (Wildman–Crippen MR) is 70.1 cm³/mol. The highest BCUT2D eigenvalue weighted by atomic mass is 35.5. The summed E-state index contributed by atoms with van der Waals surface area (Å²) in [6, 6.07) is 18.2. The minimum Gasteiger partial charge on any atom is -0.385 e. The summed E-state index contributed by atoms with van der Waals surface area (Å²) in [5.41, 5.74) is 2.46. The van der Waals surface area contributed by atoms with E-state index in [2.05, 4.69) is 29.6 Å². The molecule has 0 bridgehead atoms. The first-order valence-corrected chi connectivity index (χ1v) is 5.76. The van der Waals surface area contributed by atoms with Gasteiger partial charge in [0.2, 0.25) is 0 Å². The average molecular weight is 232 g/mol. The van der Waals surface area contributed by atoms with Crippen molar-refractivity contribution in [1.82, 2.24) is 0 Å². The molecule has 0 amide bonds. The van der Waals surface area contributed by atoms with Crippen LogP contribution < -0.4 is 5.32 Å². The van der Waals surface area contributed by atoms with E-state index in [9.17, 15) is 0 Å². The first-order chi connectivity index (χ1) is 7.84. The van der Waals surface area contributed by atoms with Gasteiger partial charge in [0.15, 0.2) is 0 Å². The van der Waals surface area contributed by atoms with Crippen molar-refractivity contribution in [3.63, 3.8) is 0 Å². The number of halogens is 1. The summed E-state index contributed by atoms with van der Waals surface area (Å²) < 4.78 is 0. The Balaban J connectivity index is 1.82. The highest BCUT2D eigenvalue weighted by Crippen LogP contribution is 2.13. The van der Waals surface area contributed by atoms with Crippen LogP contribution in [0.1, 0.15) is 5.56 Å². The Kier molecular flexibility index (Phi) is 3.84. The van der Waals surface area contributed by atoms with Gasteiger partial charge in [0, 0.05) is 17.3 Å². The molecule has 0 aliphatic carbocycles. The molecular formula is C14H14ClN. The highest BCUT2D eigenvalue weighted by molar-refractivity contribution is 6.30. The number of hydrogen-bond donors (Lipinski definition) is 1. The molecule has 16 heavy (non-hydrogen) atoms. The Bertz CT molecular complexity index is 422. The second-order valence-electron chi connectivity index (χ2n) is 3.67. The zero-order chi connectivity index (χ0) is 11.2. The van der Waals surface area contributed by atoms with Crippen molar-refractivity contribution in [1.29, 1.82) is 0 Å². The van der Waals surface area contributed by atoms with E-state index in [1.165, 1.54) is 5.56 Å². The average Bonchev–Trinajstić information content (AvgIpc) is 2.33. The first-order valence-electron chi connectivity index (χ1n) is 5.38. The van der Waals surface area contributed by atoms with Crippen molar-refractivity contribution in [3.05, 3.63) is 65.2 Å². The fourth-order valence-corrected chi connectivity index (χ4v) is 1.69. The lowest BCUT2D eigenvalue weighted by atomic mass is 10.1. The first kappa shape index (κ1) is 11.0. The van der Waals surface area contributed by atoms with Gasteiger partial charge < -0.3 is 5.32 Å². The summed E-state index contributed by atoms with van der Waals surface area (Å²) in [4.78, 5) is 0. The molecular weight excluding hydrogens is 218 g/mol. The summed E-state index contributed by atoms with van der Waals surface area (Å²) in [6.07, 6.45) is 1.03. The van der Waals surface area contributed by atoms with Crippen LogP contribution in [0.2, 0.25) is 5.02 Å². The highest BCUT2D eigenvalue weighted by Gasteiger charge is 1.93. The van der Waals surface area contributed by atoms with E-state index in [0.29, 0.717) is 0 Å². The van der Waals surface area contributed by atoms with E-state index >= 15 is 0 Å². The van der Waals surface area contributed by atoms with Crippen molar-refractivity contribution in [2.45, 2.75) is 6.42 Å². The Morgan fingerprint density at radius 3 is 2.25 bits per heavy atom. The van der Waals surface area contributed by atoms with Gasteiger partial charge in [0.1, 0.15) is 0 Å². The summed E-state index contributed by atoms with van der Waals surface area (Å²) >= 11 is 5.81. The minimum atomic E-state index is 0.772. The van der Waals surface area contributed by atoms with Crippen LogP contribution >= 0.6 is 11.6 Å². The molecule has 0 radical (unpaired) electrons. The van der Waals surface area contributed by atoms with E-state index in [-0.39, 0.29) is 0 Å². The van der Waals surface area contributed by atoms with Crippen LogP contribution in [0.4, 0.5) is 5.69 Å². The van der Waals surface area contributed by atoms with E-state index < -0.39 is 0 Å². The Morgan fingerprint density at radius 1 is 0.875 bits per heavy atom. The molecule has 0 aliphatic heterocycles. The molecule has 0 aliphatic rings. The van der Waals surface area contributed by atoms with Gasteiger partial charge in [-0.25, -0.2) is 0 Å². The van der Waals surface area contributed by atoms with E-state index in [1.54, 1.807) is 0 Å². The second kappa shape index (κ2) is 5.57. The lowest BCUT2D eigenvalue weighted by Crippen LogP contribution is -2.04. The predicted octanol–water partition coefficient (Wildman–Crippen LogP) is 3.99. The summed E-state index contributed by atoms with van der Waals surface area (Å²) in [7, 11) is 0. The molecule has 0 saturated heterocycles. The van der Waals surface area contributed by atoms with E-state index in [1.807, 2.05) is 30.3 Å². The maximum atomic E-state index is 5.81. The molecule has 0 fully saturated rings. The smallest absolute Gasteiger partial charge is 0.0407 e. The minimum absolute atomic E-state index is 0.772. The van der Waals surface area contributed by atoms with Gasteiger partial charge in [-0.05, 0) is 36.2 Å². The fraction of sp³-hybridized carbons (Fsp3) is 0.143. The third-order valence-electron chi connectivity index (χ3n) is 2.43. The zero-order valence-corrected chi connectivity index (χ0v) is 9.74. The maximum absolute atomic E-state index is 5.81. The standard InChI is InChI=1S/C14H14ClN/c15-13-6-8-14(9-7-13)16-11-10-12-4-2-1-3-5-12/h1-9,16H,10-11H2. The summed E-state index contributed by atoms with van der Waals surface area (Å²) in [6.45, 7) is 0.936. The van der Waals surface area contributed by atoms with Crippen molar-refractivity contribution < 1.29 is 0 Å². The molecule has 2 rings (SSSR count). The van der Waals surface area contributed by atoms with Gasteiger partial charge in [0.25, 0.3) is 0 Å². The van der Waals surface area contributed by atoms with Crippen LogP contribution in [0, 0.1) is 0 Å². The molecule has 82 valence electrons. The molecule has 0 saturated carbocycles. The summed E-state index contributed by atoms with van der Waals surface area (Å²) in [5.74, 6) is 0. The number of anilines is 1. The van der Waals surface area contributed by atoms with Crippen LogP contribution in [0.25, 0.3) is 0 Å². The lowest BCUT2D eigenvalue weighted by Gasteiger charge is -2.06. The molecule has 0 aromatic heterocycles. The number of rotatable bonds is 4. The monoisotopic (exact) mass is 231 g/mol. The van der Waals surface area contributed by atoms with Crippen LogP contribution in [0.5, 0.6) is 0 Å². The van der Waals surface area contributed by atoms with Crippen LogP contribution in [0.3, 0.4) is 0 Å². The molecule has 2 aromatic carbocycles. The normalized spacial score (nSPS) is 10.1. The SMILES string of the molecule is Clc1ccc(NCCc2ccccc2)cc1. The van der Waals surface area contributed by atoms with Crippen molar-refractivity contribution >= 4 is 17.3 Å². The van der Waals surface area contributed by atoms with E-state index in [4.69, 9.17) is 11.6 Å². The molecule has 0 heterocycles. The number of nitrogens with one attached hydrogen (secondary N) is 1. The van der Waals surface area contributed by atoms with Crippen LogP contribution in [-0.4, -0.2) is 6.54 Å². The van der Waals surface area contributed by atoms with Gasteiger partial charge in [-0.3, -0.25) is 0 Å². The number of hydrogen-bond acceptors (Lipinski definition) is 1. The molecule has 0 spiro atoms. The molecule has 1 N–H and O–H groups in total. The van der Waals surface area contributed by atoms with Crippen LogP contribution in [0.15, 0.2) is 54.6 Å². The van der Waals surface area contributed by atoms with Gasteiger partial charge in [-0.1, -0.05) is 41.9 Å².